The fourth-order valence-electron chi connectivity index (χ4n) is 1.40. The Bertz CT molecular complexity index is 300. The van der Waals surface area contributed by atoms with E-state index in [1.165, 1.54) is 0 Å². The number of carbonyl (C=O) groups excluding carboxylic acids is 1. The number of nitrogens with one attached hydrogen (secondary N) is 1. The summed E-state index contributed by atoms with van der Waals surface area (Å²) in [4.78, 5) is 21.0. The van der Waals surface area contributed by atoms with Crippen LogP contribution in [0.5, 0.6) is 0 Å². The Balaban J connectivity index is 4.22. The molecular weight excluding hydrogens is 222 g/mol. The molecule has 0 aliphatic carbocycles. The molecule has 0 rings (SSSR count). The Hall–Kier alpha value is -1.59. The lowest BCUT2D eigenvalue weighted by atomic mass is 9.96. The van der Waals surface area contributed by atoms with Gasteiger partial charge >= 0.3 is 12.0 Å². The van der Waals surface area contributed by atoms with E-state index in [9.17, 15) is 9.59 Å². The summed E-state index contributed by atoms with van der Waals surface area (Å²) in [6, 6.07) is -0.693. The maximum absolute atomic E-state index is 10.5. The van der Waals surface area contributed by atoms with Crippen molar-refractivity contribution in [3.63, 3.8) is 0 Å². The molecule has 1 atom stereocenters. The third-order valence-electron chi connectivity index (χ3n) is 2.39. The Kier molecular flexibility index (Phi) is 6.93. The number of amides is 2. The van der Waals surface area contributed by atoms with Gasteiger partial charge in [0.1, 0.15) is 0 Å². The van der Waals surface area contributed by atoms with Gasteiger partial charge in [0.2, 0.25) is 0 Å². The molecule has 2 amide bonds. The molecular formula is C11H21N3O3. The van der Waals surface area contributed by atoms with Crippen LogP contribution in [0.25, 0.3) is 0 Å². The lowest BCUT2D eigenvalue weighted by Gasteiger charge is -2.12. The van der Waals surface area contributed by atoms with Gasteiger partial charge in [-0.2, -0.15) is 5.10 Å². The van der Waals surface area contributed by atoms with Crippen LogP contribution in [0.2, 0.25) is 0 Å². The summed E-state index contributed by atoms with van der Waals surface area (Å²) in [7, 11) is 0. The molecule has 0 aromatic carbocycles. The summed E-state index contributed by atoms with van der Waals surface area (Å²) < 4.78 is 0. The van der Waals surface area contributed by atoms with E-state index in [0.29, 0.717) is 6.42 Å². The second-order valence-electron chi connectivity index (χ2n) is 4.48. The standard InChI is InChI=1S/C11H21N3O3/c1-7(2)9(13-14-11(12)17)5-4-8(3)6-10(15)16/h7-8H,4-6H2,1-3H3,(H,15,16)(H3,12,14,17)/b13-9-. The number of carboxylic acids is 1. The van der Waals surface area contributed by atoms with Gasteiger partial charge in [-0.25, -0.2) is 10.2 Å². The first-order valence-electron chi connectivity index (χ1n) is 5.66. The minimum absolute atomic E-state index is 0.0880. The Morgan fingerprint density at radius 1 is 1.35 bits per heavy atom. The fourth-order valence-corrected chi connectivity index (χ4v) is 1.40. The monoisotopic (exact) mass is 243 g/mol. The van der Waals surface area contributed by atoms with Crippen LogP contribution in [0.4, 0.5) is 4.79 Å². The van der Waals surface area contributed by atoms with Crippen LogP contribution < -0.4 is 11.2 Å². The second-order valence-corrected chi connectivity index (χ2v) is 4.48. The average molecular weight is 243 g/mol. The first kappa shape index (κ1) is 15.4. The zero-order valence-electron chi connectivity index (χ0n) is 10.6. The van der Waals surface area contributed by atoms with Crippen molar-refractivity contribution < 1.29 is 14.7 Å². The van der Waals surface area contributed by atoms with Crippen molar-refractivity contribution in [2.24, 2.45) is 22.7 Å². The quantitative estimate of drug-likeness (QED) is 0.466. The SMILES string of the molecule is CC(CC/C(=N/NC(N)=O)C(C)C)CC(=O)O. The van der Waals surface area contributed by atoms with Gasteiger partial charge < -0.3 is 10.8 Å². The third kappa shape index (κ3) is 8.24. The zero-order valence-corrected chi connectivity index (χ0v) is 10.6. The molecule has 0 aliphatic heterocycles. The number of hydrazone groups is 1. The maximum Gasteiger partial charge on any atom is 0.332 e. The largest absolute Gasteiger partial charge is 0.481 e. The summed E-state index contributed by atoms with van der Waals surface area (Å²) in [5, 5.41) is 12.5. The summed E-state index contributed by atoms with van der Waals surface area (Å²) >= 11 is 0. The van der Waals surface area contributed by atoms with Crippen molar-refractivity contribution in [1.82, 2.24) is 5.43 Å². The van der Waals surface area contributed by atoms with Crippen molar-refractivity contribution in [3.8, 4) is 0 Å². The van der Waals surface area contributed by atoms with Crippen LogP contribution in [-0.4, -0.2) is 22.8 Å². The number of hydrogen-bond acceptors (Lipinski definition) is 3. The van der Waals surface area contributed by atoms with Gasteiger partial charge in [0, 0.05) is 12.1 Å². The predicted molar refractivity (Wildman–Crippen MR) is 65.6 cm³/mol. The highest BCUT2D eigenvalue weighted by Crippen LogP contribution is 2.13. The van der Waals surface area contributed by atoms with Crippen molar-refractivity contribution in [3.05, 3.63) is 0 Å². The molecule has 0 saturated carbocycles. The molecule has 17 heavy (non-hydrogen) atoms. The van der Waals surface area contributed by atoms with Crippen LogP contribution in [0.1, 0.15) is 40.0 Å². The third-order valence-corrected chi connectivity index (χ3v) is 2.39. The van der Waals surface area contributed by atoms with Gasteiger partial charge in [-0.3, -0.25) is 4.79 Å². The molecule has 1 unspecified atom stereocenters. The zero-order chi connectivity index (χ0) is 13.4. The van der Waals surface area contributed by atoms with E-state index in [0.717, 1.165) is 12.1 Å². The van der Waals surface area contributed by atoms with Crippen molar-refractivity contribution in [2.45, 2.75) is 40.0 Å². The van der Waals surface area contributed by atoms with E-state index in [2.05, 4.69) is 10.5 Å². The highest BCUT2D eigenvalue weighted by atomic mass is 16.4. The molecule has 98 valence electrons. The molecule has 4 N–H and O–H groups in total. The Morgan fingerprint density at radius 3 is 2.35 bits per heavy atom. The highest BCUT2D eigenvalue weighted by Gasteiger charge is 2.11. The lowest BCUT2D eigenvalue weighted by Crippen LogP contribution is -2.27. The van der Waals surface area contributed by atoms with E-state index in [-0.39, 0.29) is 18.3 Å². The minimum atomic E-state index is -0.796. The van der Waals surface area contributed by atoms with Gasteiger partial charge in [-0.15, -0.1) is 0 Å². The molecule has 0 spiro atoms. The van der Waals surface area contributed by atoms with E-state index >= 15 is 0 Å². The molecule has 0 radical (unpaired) electrons. The normalized spacial score (nSPS) is 13.5. The molecule has 0 heterocycles. The van der Waals surface area contributed by atoms with Gasteiger partial charge in [0.25, 0.3) is 0 Å². The van der Waals surface area contributed by atoms with Crippen molar-refractivity contribution in [2.75, 3.05) is 0 Å². The Morgan fingerprint density at radius 2 is 1.94 bits per heavy atom. The van der Waals surface area contributed by atoms with Crippen LogP contribution in [0.3, 0.4) is 0 Å². The van der Waals surface area contributed by atoms with Crippen LogP contribution in [0.15, 0.2) is 5.10 Å². The van der Waals surface area contributed by atoms with E-state index < -0.39 is 12.0 Å². The molecule has 0 fully saturated rings. The topological polar surface area (TPSA) is 105 Å². The van der Waals surface area contributed by atoms with Crippen molar-refractivity contribution in [1.29, 1.82) is 0 Å². The minimum Gasteiger partial charge on any atom is -0.481 e. The molecule has 0 aromatic rings. The second kappa shape index (κ2) is 7.65. The van der Waals surface area contributed by atoms with Crippen LogP contribution in [0, 0.1) is 11.8 Å². The number of carbonyl (C=O) groups is 2. The smallest absolute Gasteiger partial charge is 0.332 e. The van der Waals surface area contributed by atoms with E-state index in [4.69, 9.17) is 10.8 Å². The van der Waals surface area contributed by atoms with Gasteiger partial charge in [0.15, 0.2) is 0 Å². The summed E-state index contributed by atoms with van der Waals surface area (Å²) in [5.74, 6) is -0.514. The number of primary amides is 1. The number of aliphatic carboxylic acids is 1. The molecule has 0 bridgehead atoms. The number of hydrogen-bond donors (Lipinski definition) is 3. The average Bonchev–Trinajstić information content (AvgIpc) is 2.15. The molecule has 6 nitrogen and oxygen atoms in total. The van der Waals surface area contributed by atoms with Crippen LogP contribution >= 0.6 is 0 Å². The van der Waals surface area contributed by atoms with E-state index in [1.54, 1.807) is 0 Å². The van der Waals surface area contributed by atoms with Crippen molar-refractivity contribution >= 4 is 17.7 Å². The molecule has 6 heteroatoms. The Labute approximate surface area is 101 Å². The van der Waals surface area contributed by atoms with Gasteiger partial charge in [-0.1, -0.05) is 20.8 Å². The lowest BCUT2D eigenvalue weighted by molar-refractivity contribution is -0.138. The number of urea groups is 1. The molecule has 0 aromatic heterocycles. The number of carboxylic acid groups (broad SMARTS) is 1. The van der Waals surface area contributed by atoms with Crippen LogP contribution in [-0.2, 0) is 4.79 Å². The fraction of sp³-hybridized carbons (Fsp3) is 0.727. The molecule has 0 aliphatic rings. The van der Waals surface area contributed by atoms with Gasteiger partial charge in [-0.05, 0) is 24.7 Å². The summed E-state index contributed by atoms with van der Waals surface area (Å²) in [6.07, 6.45) is 1.53. The highest BCUT2D eigenvalue weighted by molar-refractivity contribution is 5.87. The van der Waals surface area contributed by atoms with E-state index in [1.807, 2.05) is 20.8 Å². The maximum atomic E-state index is 10.5. The summed E-state index contributed by atoms with van der Waals surface area (Å²) in [6.45, 7) is 5.81. The number of nitrogens with zero attached hydrogens (tertiary/aromatic N) is 1. The predicted octanol–water partition coefficient (Wildman–Crippen LogP) is 1.56. The van der Waals surface area contributed by atoms with Gasteiger partial charge in [0.05, 0.1) is 0 Å². The molecule has 0 saturated heterocycles. The number of rotatable bonds is 7. The first-order valence-corrected chi connectivity index (χ1v) is 5.66. The first-order chi connectivity index (χ1) is 7.82. The number of nitrogens with two attached hydrogens (primary N) is 1. The summed E-state index contributed by atoms with van der Waals surface area (Å²) in [5.41, 5.74) is 7.95.